The molecule has 1 rings (SSSR count). The lowest BCUT2D eigenvalue weighted by atomic mass is 9.87. The number of nitrogens with one attached hydrogen (secondary N) is 1. The zero-order chi connectivity index (χ0) is 17.0. The molecule has 1 unspecified atom stereocenters. The Morgan fingerprint density at radius 1 is 1.32 bits per heavy atom. The summed E-state index contributed by atoms with van der Waals surface area (Å²) in [4.78, 5) is 11.9. The first-order chi connectivity index (χ1) is 9.99. The number of hydrogen-bond acceptors (Lipinski definition) is 4. The summed E-state index contributed by atoms with van der Waals surface area (Å²) in [6, 6.07) is 7.63. The average molecular weight is 327 g/mol. The third kappa shape index (κ3) is 6.47. The summed E-state index contributed by atoms with van der Waals surface area (Å²) in [5.41, 5.74) is 1.12. The second kappa shape index (κ2) is 7.13. The minimum atomic E-state index is -3.08. The quantitative estimate of drug-likeness (QED) is 0.866. The molecule has 1 N–H and O–H groups in total. The van der Waals surface area contributed by atoms with Crippen molar-refractivity contribution in [1.82, 2.24) is 5.32 Å². The number of hydrogen-bond donors (Lipinski definition) is 1. The first-order valence-corrected chi connectivity index (χ1v) is 9.28. The van der Waals surface area contributed by atoms with Crippen LogP contribution < -0.4 is 10.1 Å². The van der Waals surface area contributed by atoms with E-state index in [0.29, 0.717) is 5.75 Å². The van der Waals surface area contributed by atoms with Crippen molar-refractivity contribution in [2.75, 3.05) is 18.6 Å². The molecule has 0 aliphatic rings. The van der Waals surface area contributed by atoms with Crippen LogP contribution in [0, 0.1) is 0 Å². The molecule has 0 aliphatic carbocycles. The maximum absolute atomic E-state index is 11.9. The molecule has 0 fully saturated rings. The van der Waals surface area contributed by atoms with Gasteiger partial charge in [-0.15, -0.1) is 0 Å². The van der Waals surface area contributed by atoms with Gasteiger partial charge in [0.25, 0.3) is 5.91 Å². The first kappa shape index (κ1) is 18.5. The van der Waals surface area contributed by atoms with Gasteiger partial charge >= 0.3 is 0 Å². The van der Waals surface area contributed by atoms with E-state index in [9.17, 15) is 13.2 Å². The summed E-state index contributed by atoms with van der Waals surface area (Å²) in [7, 11) is -3.08. The van der Waals surface area contributed by atoms with E-state index in [4.69, 9.17) is 4.74 Å². The fraction of sp³-hybridized carbons (Fsp3) is 0.562. The van der Waals surface area contributed by atoms with Crippen molar-refractivity contribution in [2.45, 2.75) is 39.2 Å². The van der Waals surface area contributed by atoms with Gasteiger partial charge in [-0.05, 0) is 30.0 Å². The summed E-state index contributed by atoms with van der Waals surface area (Å²) in [6.07, 6.45) is 0.451. The Morgan fingerprint density at radius 3 is 2.50 bits per heavy atom. The SMILES string of the molecule is CC(Oc1cccc(C(C)(C)C)c1)C(=O)NCCS(C)(=O)=O. The van der Waals surface area contributed by atoms with E-state index in [2.05, 4.69) is 26.1 Å². The molecule has 1 aromatic carbocycles. The molecule has 0 spiro atoms. The lowest BCUT2D eigenvalue weighted by Crippen LogP contribution is -2.38. The largest absolute Gasteiger partial charge is 0.481 e. The van der Waals surface area contributed by atoms with Crippen LogP contribution in [-0.2, 0) is 20.0 Å². The van der Waals surface area contributed by atoms with Crippen molar-refractivity contribution in [3.05, 3.63) is 29.8 Å². The third-order valence-corrected chi connectivity index (χ3v) is 4.10. The number of benzene rings is 1. The van der Waals surface area contributed by atoms with Gasteiger partial charge in [-0.3, -0.25) is 4.79 Å². The highest BCUT2D eigenvalue weighted by Crippen LogP contribution is 2.26. The highest BCUT2D eigenvalue weighted by molar-refractivity contribution is 7.90. The van der Waals surface area contributed by atoms with Gasteiger partial charge < -0.3 is 10.1 Å². The lowest BCUT2D eigenvalue weighted by molar-refractivity contribution is -0.127. The monoisotopic (exact) mass is 327 g/mol. The maximum atomic E-state index is 11.9. The topological polar surface area (TPSA) is 72.5 Å². The van der Waals surface area contributed by atoms with Crippen molar-refractivity contribution in [3.8, 4) is 5.75 Å². The Balaban J connectivity index is 2.61. The number of ether oxygens (including phenoxy) is 1. The fourth-order valence-electron chi connectivity index (χ4n) is 1.80. The van der Waals surface area contributed by atoms with Crippen molar-refractivity contribution in [3.63, 3.8) is 0 Å². The van der Waals surface area contributed by atoms with Gasteiger partial charge in [0.15, 0.2) is 6.10 Å². The summed E-state index contributed by atoms with van der Waals surface area (Å²) in [5, 5.41) is 2.56. The fourth-order valence-corrected chi connectivity index (χ4v) is 2.27. The van der Waals surface area contributed by atoms with E-state index in [1.165, 1.54) is 0 Å². The molecule has 1 aromatic rings. The summed E-state index contributed by atoms with van der Waals surface area (Å²) in [5.74, 6) is 0.216. The number of carbonyl (C=O) groups excluding carboxylic acids is 1. The summed E-state index contributed by atoms with van der Waals surface area (Å²) in [6.45, 7) is 8.04. The molecule has 1 amide bonds. The second-order valence-corrected chi connectivity index (χ2v) is 8.72. The van der Waals surface area contributed by atoms with Gasteiger partial charge in [-0.2, -0.15) is 0 Å². The normalized spacial score (nSPS) is 13.5. The lowest BCUT2D eigenvalue weighted by Gasteiger charge is -2.21. The minimum Gasteiger partial charge on any atom is -0.481 e. The van der Waals surface area contributed by atoms with Crippen LogP contribution in [0.3, 0.4) is 0 Å². The molecular formula is C16H25NO4S. The zero-order valence-corrected chi connectivity index (χ0v) is 14.7. The van der Waals surface area contributed by atoms with E-state index in [1.54, 1.807) is 13.0 Å². The van der Waals surface area contributed by atoms with Gasteiger partial charge in [0.05, 0.1) is 5.75 Å². The summed E-state index contributed by atoms with van der Waals surface area (Å²) < 4.78 is 27.7. The Bertz CT molecular complexity index is 617. The van der Waals surface area contributed by atoms with Crippen molar-refractivity contribution >= 4 is 15.7 Å². The Kier molecular flexibility index (Phi) is 6.00. The van der Waals surface area contributed by atoms with Crippen LogP contribution in [0.2, 0.25) is 0 Å². The first-order valence-electron chi connectivity index (χ1n) is 7.22. The Labute approximate surface area is 133 Å². The van der Waals surface area contributed by atoms with E-state index in [0.717, 1.165) is 11.8 Å². The second-order valence-electron chi connectivity index (χ2n) is 6.46. The average Bonchev–Trinajstić information content (AvgIpc) is 2.36. The molecule has 0 aliphatic heterocycles. The minimum absolute atomic E-state index is 0.000350. The molecule has 0 saturated carbocycles. The van der Waals surface area contributed by atoms with Crippen LogP contribution in [0.4, 0.5) is 0 Å². The van der Waals surface area contributed by atoms with Crippen molar-refractivity contribution in [1.29, 1.82) is 0 Å². The van der Waals surface area contributed by atoms with E-state index < -0.39 is 15.9 Å². The van der Waals surface area contributed by atoms with E-state index in [-0.39, 0.29) is 23.6 Å². The molecule has 5 nitrogen and oxygen atoms in total. The summed E-state index contributed by atoms with van der Waals surface area (Å²) >= 11 is 0. The Hall–Kier alpha value is -1.56. The zero-order valence-electron chi connectivity index (χ0n) is 13.8. The van der Waals surface area contributed by atoms with Crippen molar-refractivity contribution in [2.24, 2.45) is 0 Å². The third-order valence-electron chi connectivity index (χ3n) is 3.15. The highest BCUT2D eigenvalue weighted by atomic mass is 32.2. The van der Waals surface area contributed by atoms with Crippen LogP contribution >= 0.6 is 0 Å². The van der Waals surface area contributed by atoms with E-state index in [1.807, 2.05) is 18.2 Å². The molecule has 22 heavy (non-hydrogen) atoms. The Morgan fingerprint density at radius 2 is 1.95 bits per heavy atom. The number of carbonyl (C=O) groups is 1. The molecular weight excluding hydrogens is 302 g/mol. The molecule has 6 heteroatoms. The molecule has 1 atom stereocenters. The van der Waals surface area contributed by atoms with Crippen LogP contribution in [0.15, 0.2) is 24.3 Å². The molecule has 0 bridgehead atoms. The predicted molar refractivity (Wildman–Crippen MR) is 88.0 cm³/mol. The molecule has 0 saturated heterocycles. The predicted octanol–water partition coefficient (Wildman–Crippen LogP) is 1.91. The van der Waals surface area contributed by atoms with Crippen LogP contribution in [0.5, 0.6) is 5.75 Å². The molecule has 0 heterocycles. The molecule has 124 valence electrons. The van der Waals surface area contributed by atoms with Crippen LogP contribution in [0.1, 0.15) is 33.3 Å². The highest BCUT2D eigenvalue weighted by Gasteiger charge is 2.17. The molecule has 0 radical (unpaired) electrons. The van der Waals surface area contributed by atoms with Gasteiger partial charge in [0.2, 0.25) is 0 Å². The van der Waals surface area contributed by atoms with Gasteiger partial charge in [0, 0.05) is 12.8 Å². The van der Waals surface area contributed by atoms with Gasteiger partial charge in [-0.1, -0.05) is 32.9 Å². The van der Waals surface area contributed by atoms with Crippen LogP contribution in [-0.4, -0.2) is 39.0 Å². The van der Waals surface area contributed by atoms with E-state index >= 15 is 0 Å². The smallest absolute Gasteiger partial charge is 0.260 e. The van der Waals surface area contributed by atoms with Gasteiger partial charge in [-0.25, -0.2) is 8.42 Å². The maximum Gasteiger partial charge on any atom is 0.260 e. The standard InChI is InChI=1S/C16H25NO4S/c1-12(15(18)17-9-10-22(5,19)20)21-14-8-6-7-13(11-14)16(2,3)4/h6-8,11-12H,9-10H2,1-5H3,(H,17,18). The van der Waals surface area contributed by atoms with Crippen molar-refractivity contribution < 1.29 is 17.9 Å². The van der Waals surface area contributed by atoms with Gasteiger partial charge in [0.1, 0.15) is 15.6 Å². The molecule has 0 aromatic heterocycles. The number of sulfone groups is 1. The van der Waals surface area contributed by atoms with Crippen LogP contribution in [0.25, 0.3) is 0 Å². The number of amides is 1. The number of rotatable bonds is 6.